The van der Waals surface area contributed by atoms with Gasteiger partial charge in [0.1, 0.15) is 23.5 Å². The highest BCUT2D eigenvalue weighted by molar-refractivity contribution is 5.95. The Bertz CT molecular complexity index is 1320. The summed E-state index contributed by atoms with van der Waals surface area (Å²) in [5.74, 6) is 1.09. The largest absolute Gasteiger partial charge is 0.496 e. The predicted octanol–water partition coefficient (Wildman–Crippen LogP) is 4.08. The van der Waals surface area contributed by atoms with Crippen molar-refractivity contribution in [1.29, 1.82) is 5.41 Å². The molecule has 5 N–H and O–H groups in total. The lowest BCUT2D eigenvalue weighted by molar-refractivity contribution is -0.135. The molecular formula is C28H34N6O4. The Hall–Kier alpha value is -4.34. The van der Waals surface area contributed by atoms with E-state index in [1.807, 2.05) is 61.2 Å². The SMILES string of the molecule is COC(=O)N[C@H](C(=O)N1CCC[C@H]1c1cnc(-c2ccc(-c3ccc(C(=N)N)cc3)cc2OC)[nH]1)C(C)C. The molecule has 1 fully saturated rings. The lowest BCUT2D eigenvalue weighted by Crippen LogP contribution is -2.51. The van der Waals surface area contributed by atoms with Crippen LogP contribution in [0.4, 0.5) is 4.79 Å². The molecular weight excluding hydrogens is 484 g/mol. The van der Waals surface area contributed by atoms with E-state index >= 15 is 0 Å². The van der Waals surface area contributed by atoms with Crippen LogP contribution >= 0.6 is 0 Å². The van der Waals surface area contributed by atoms with Crippen molar-refractivity contribution in [3.63, 3.8) is 0 Å². The molecule has 38 heavy (non-hydrogen) atoms. The number of amides is 2. The van der Waals surface area contributed by atoms with E-state index in [9.17, 15) is 9.59 Å². The Morgan fingerprint density at radius 3 is 2.50 bits per heavy atom. The van der Waals surface area contributed by atoms with Crippen LogP contribution in [0.2, 0.25) is 0 Å². The van der Waals surface area contributed by atoms with E-state index in [2.05, 4.69) is 15.3 Å². The molecule has 0 unspecified atom stereocenters. The van der Waals surface area contributed by atoms with E-state index in [-0.39, 0.29) is 23.7 Å². The second-order valence-electron chi connectivity index (χ2n) is 9.64. The van der Waals surface area contributed by atoms with E-state index in [4.69, 9.17) is 20.6 Å². The van der Waals surface area contributed by atoms with Gasteiger partial charge in [0.25, 0.3) is 0 Å². The molecule has 0 bridgehead atoms. The van der Waals surface area contributed by atoms with Gasteiger partial charge in [0, 0.05) is 12.1 Å². The first-order chi connectivity index (χ1) is 18.2. The highest BCUT2D eigenvalue weighted by Crippen LogP contribution is 2.36. The molecule has 1 aliphatic rings. The summed E-state index contributed by atoms with van der Waals surface area (Å²) in [6, 6.07) is 12.5. The summed E-state index contributed by atoms with van der Waals surface area (Å²) in [6.45, 7) is 4.39. The van der Waals surface area contributed by atoms with Crippen LogP contribution in [0.25, 0.3) is 22.5 Å². The second kappa shape index (κ2) is 11.4. The lowest BCUT2D eigenvalue weighted by atomic mass is 10.0. The summed E-state index contributed by atoms with van der Waals surface area (Å²) in [6.07, 6.45) is 2.79. The van der Waals surface area contributed by atoms with E-state index < -0.39 is 12.1 Å². The van der Waals surface area contributed by atoms with Crippen LogP contribution in [0.3, 0.4) is 0 Å². The van der Waals surface area contributed by atoms with Gasteiger partial charge in [0.2, 0.25) is 5.91 Å². The number of carbonyl (C=O) groups excluding carboxylic acids is 2. The number of hydrogen-bond donors (Lipinski definition) is 4. The van der Waals surface area contributed by atoms with Gasteiger partial charge in [-0.25, -0.2) is 9.78 Å². The Balaban J connectivity index is 1.57. The van der Waals surface area contributed by atoms with Crippen molar-refractivity contribution in [2.45, 2.75) is 38.8 Å². The third-order valence-electron chi connectivity index (χ3n) is 6.87. The molecule has 1 saturated heterocycles. The number of amidine groups is 1. The number of carbonyl (C=O) groups is 2. The fraction of sp³-hybridized carbons (Fsp3) is 0.357. The van der Waals surface area contributed by atoms with E-state index in [0.29, 0.717) is 23.7 Å². The third-order valence-corrected chi connectivity index (χ3v) is 6.87. The number of rotatable bonds is 8. The normalized spacial score (nSPS) is 15.8. The number of ether oxygens (including phenoxy) is 2. The molecule has 0 aliphatic carbocycles. The van der Waals surface area contributed by atoms with Gasteiger partial charge in [0.15, 0.2) is 0 Å². The standard InChI is InChI=1S/C28H34N6O4/c1-16(2)24(33-28(36)38-4)27(35)34-13-5-6-22(34)21-15-31-26(32-21)20-12-11-19(14-23(20)37-3)17-7-9-18(10-8-17)25(29)30/h7-12,14-16,22,24H,5-6,13H2,1-4H3,(H3,29,30)(H,31,32)(H,33,36)/t22-,24-/m0/s1. The quantitative estimate of drug-likeness (QED) is 0.261. The molecule has 0 saturated carbocycles. The average Bonchev–Trinajstić information content (AvgIpc) is 3.60. The number of methoxy groups -OCH3 is 2. The lowest BCUT2D eigenvalue weighted by Gasteiger charge is -2.30. The van der Waals surface area contributed by atoms with Crippen molar-refractivity contribution in [2.75, 3.05) is 20.8 Å². The minimum Gasteiger partial charge on any atom is -0.496 e. The minimum atomic E-state index is -0.678. The van der Waals surface area contributed by atoms with Crippen LogP contribution in [0.15, 0.2) is 48.7 Å². The number of nitrogens with zero attached hydrogens (tertiary/aromatic N) is 2. The van der Waals surface area contributed by atoms with Crippen molar-refractivity contribution >= 4 is 17.8 Å². The molecule has 3 aromatic rings. The Labute approximate surface area is 222 Å². The number of nitrogen functional groups attached to an aromatic ring is 1. The number of hydrogen-bond acceptors (Lipinski definition) is 6. The first-order valence-corrected chi connectivity index (χ1v) is 12.6. The van der Waals surface area contributed by atoms with Crippen LogP contribution in [0.5, 0.6) is 5.75 Å². The number of nitrogens with one attached hydrogen (secondary N) is 3. The molecule has 0 spiro atoms. The highest BCUT2D eigenvalue weighted by atomic mass is 16.5. The van der Waals surface area contributed by atoms with Crippen molar-refractivity contribution < 1.29 is 19.1 Å². The molecule has 10 nitrogen and oxygen atoms in total. The number of nitrogens with two attached hydrogens (primary N) is 1. The number of benzene rings is 2. The number of aromatic amines is 1. The minimum absolute atomic E-state index is 0.0279. The molecule has 4 rings (SSSR count). The Morgan fingerprint density at radius 2 is 1.87 bits per heavy atom. The van der Waals surface area contributed by atoms with E-state index in [1.165, 1.54) is 7.11 Å². The second-order valence-corrected chi connectivity index (χ2v) is 9.64. The van der Waals surface area contributed by atoms with Gasteiger partial charge in [-0.1, -0.05) is 44.2 Å². The average molecular weight is 519 g/mol. The fourth-order valence-corrected chi connectivity index (χ4v) is 4.78. The monoisotopic (exact) mass is 518 g/mol. The van der Waals surface area contributed by atoms with Crippen molar-refractivity contribution in [1.82, 2.24) is 20.2 Å². The van der Waals surface area contributed by atoms with Crippen molar-refractivity contribution in [3.05, 3.63) is 59.9 Å². The fourth-order valence-electron chi connectivity index (χ4n) is 4.78. The molecule has 0 radical (unpaired) electrons. The Kier molecular flexibility index (Phi) is 7.99. The number of H-pyrrole nitrogens is 1. The number of aromatic nitrogens is 2. The molecule has 200 valence electrons. The first-order valence-electron chi connectivity index (χ1n) is 12.6. The maximum absolute atomic E-state index is 13.4. The van der Waals surface area contributed by atoms with Gasteiger partial charge in [-0.2, -0.15) is 0 Å². The van der Waals surface area contributed by atoms with Crippen LogP contribution in [-0.4, -0.2) is 59.5 Å². The third kappa shape index (κ3) is 5.49. The van der Waals surface area contributed by atoms with Gasteiger partial charge in [0.05, 0.1) is 37.7 Å². The summed E-state index contributed by atoms with van der Waals surface area (Å²) >= 11 is 0. The van der Waals surface area contributed by atoms with Gasteiger partial charge in [-0.15, -0.1) is 0 Å². The summed E-state index contributed by atoms with van der Waals surface area (Å²) in [5.41, 5.74) is 9.79. The van der Waals surface area contributed by atoms with Gasteiger partial charge in [-0.3, -0.25) is 10.2 Å². The number of likely N-dealkylation sites (tertiary alicyclic amines) is 1. The molecule has 2 atom stereocenters. The van der Waals surface area contributed by atoms with Crippen LogP contribution in [-0.2, 0) is 9.53 Å². The van der Waals surface area contributed by atoms with Crippen molar-refractivity contribution in [2.24, 2.45) is 11.7 Å². The number of imidazole rings is 1. The maximum Gasteiger partial charge on any atom is 0.407 e. The van der Waals surface area contributed by atoms with E-state index in [1.54, 1.807) is 13.3 Å². The maximum atomic E-state index is 13.4. The zero-order chi connectivity index (χ0) is 27.4. The molecule has 2 aromatic carbocycles. The molecule has 2 amide bonds. The molecule has 1 aliphatic heterocycles. The summed E-state index contributed by atoms with van der Waals surface area (Å²) in [4.78, 5) is 35.1. The zero-order valence-corrected chi connectivity index (χ0v) is 22.1. The van der Waals surface area contributed by atoms with Gasteiger partial charge in [-0.05, 0) is 42.0 Å². The highest BCUT2D eigenvalue weighted by Gasteiger charge is 2.37. The van der Waals surface area contributed by atoms with Crippen molar-refractivity contribution in [3.8, 4) is 28.3 Å². The first kappa shape index (κ1) is 26.7. The van der Waals surface area contributed by atoms with Gasteiger partial charge < -0.3 is 30.4 Å². The summed E-state index contributed by atoms with van der Waals surface area (Å²) in [5, 5.41) is 10.3. The number of alkyl carbamates (subject to hydrolysis) is 1. The topological polar surface area (TPSA) is 146 Å². The van der Waals surface area contributed by atoms with Crippen LogP contribution in [0, 0.1) is 11.3 Å². The summed E-state index contributed by atoms with van der Waals surface area (Å²) < 4.78 is 10.4. The van der Waals surface area contributed by atoms with Gasteiger partial charge >= 0.3 is 6.09 Å². The molecule has 2 heterocycles. The van der Waals surface area contributed by atoms with Crippen LogP contribution < -0.4 is 15.8 Å². The zero-order valence-electron chi connectivity index (χ0n) is 22.1. The Morgan fingerprint density at radius 1 is 1.16 bits per heavy atom. The van der Waals surface area contributed by atoms with Crippen LogP contribution in [0.1, 0.15) is 44.0 Å². The predicted molar refractivity (Wildman–Crippen MR) is 145 cm³/mol. The molecule has 10 heteroatoms. The smallest absolute Gasteiger partial charge is 0.407 e. The van der Waals surface area contributed by atoms with E-state index in [0.717, 1.165) is 35.2 Å². The molecule has 1 aromatic heterocycles. The summed E-state index contributed by atoms with van der Waals surface area (Å²) in [7, 11) is 2.90.